The Bertz CT molecular complexity index is 1850. The van der Waals surface area contributed by atoms with Crippen LogP contribution in [0.5, 0.6) is 0 Å². The summed E-state index contributed by atoms with van der Waals surface area (Å²) in [6.45, 7) is 30.3. The van der Waals surface area contributed by atoms with Crippen LogP contribution >= 0.6 is 23.2 Å². The van der Waals surface area contributed by atoms with E-state index in [4.69, 9.17) is 38.2 Å². The molecule has 304 valence electrons. The number of rotatable bonds is 12. The number of pyridine rings is 1. The van der Waals surface area contributed by atoms with Gasteiger partial charge in [0.15, 0.2) is 0 Å². The van der Waals surface area contributed by atoms with Crippen LogP contribution in [0.4, 0.5) is 11.4 Å². The van der Waals surface area contributed by atoms with Crippen molar-refractivity contribution in [1.82, 2.24) is 4.98 Å². The maximum absolute atomic E-state index is 6.69. The average Bonchev–Trinajstić information content (AvgIpc) is 3.21. The van der Waals surface area contributed by atoms with Crippen LogP contribution < -0.4 is 0 Å². The van der Waals surface area contributed by atoms with Crippen LogP contribution in [-0.4, -0.2) is 32.6 Å². The molecule has 0 fully saturated rings. The van der Waals surface area contributed by atoms with E-state index in [1.54, 1.807) is 0 Å². The average molecular weight is 877 g/mol. The van der Waals surface area contributed by atoms with Gasteiger partial charge in [-0.15, -0.1) is 0 Å². The molecule has 0 bridgehead atoms. The molecule has 0 saturated heterocycles. The molecule has 0 N–H and O–H groups in total. The zero-order chi connectivity index (χ0) is 41.5. The van der Waals surface area contributed by atoms with E-state index in [0.29, 0.717) is 10.0 Å². The standard InChI is InChI=1S/C35H29Cl2N3.2C7H17Si.Fe/c1-22-18-24(3)32(28(36)20-22)39-34(26-12-7-5-8-13-26)30-16-11-17-31(38-30)35(27-14-9-6-10-15-27)40-33-25(4)19-23(2)21-29(33)37;2*1-5-8(4,6-2)7-3;/h5-21H,1-4H3;2*4-7H2,1-3H3;/q;2*-1;+2. The Morgan fingerprint density at radius 1 is 0.509 bits per heavy atom. The summed E-state index contributed by atoms with van der Waals surface area (Å²) in [5, 5.41) is 1.22. The Balaban J connectivity index is 0.000000556. The molecular weight excluding hydrogens is 813 g/mol. The molecular formula is C49H63Cl2FeN3Si2. The van der Waals surface area contributed by atoms with E-state index < -0.39 is 16.1 Å². The molecule has 0 amide bonds. The number of benzene rings is 4. The fourth-order valence-electron chi connectivity index (χ4n) is 6.25. The largest absolute Gasteiger partial charge is 2.00 e. The van der Waals surface area contributed by atoms with Gasteiger partial charge in [-0.25, -0.2) is 15.0 Å². The molecule has 1 aromatic heterocycles. The second-order valence-electron chi connectivity index (χ2n) is 15.0. The van der Waals surface area contributed by atoms with E-state index in [1.807, 2.05) is 119 Å². The molecule has 0 aliphatic carbocycles. The number of hydrogen-bond acceptors (Lipinski definition) is 3. The van der Waals surface area contributed by atoms with Crippen molar-refractivity contribution in [3.8, 4) is 0 Å². The molecule has 57 heavy (non-hydrogen) atoms. The SMILES string of the molecule is Cc1cc(C)c(N=C(c2ccccc2)c2cccc(C(=Nc3c(C)cc(C)cc3Cl)c3ccccc3)n2)c(Cl)c1.[CH2-][Si](CC)(CC)CC.[CH2-][Si](CC)(CC)CC.[Fe+2]. The van der Waals surface area contributed by atoms with E-state index in [9.17, 15) is 0 Å². The van der Waals surface area contributed by atoms with Gasteiger partial charge in [-0.05, 0) is 74.2 Å². The molecule has 0 radical (unpaired) electrons. The molecule has 0 aliphatic heterocycles. The minimum atomic E-state index is -0.921. The van der Waals surface area contributed by atoms with Crippen LogP contribution in [0.25, 0.3) is 0 Å². The van der Waals surface area contributed by atoms with Crippen molar-refractivity contribution in [3.63, 3.8) is 0 Å². The van der Waals surface area contributed by atoms with E-state index in [1.165, 1.54) is 36.3 Å². The summed E-state index contributed by atoms with van der Waals surface area (Å²) in [4.78, 5) is 15.3. The smallest absolute Gasteiger partial charge is 0.342 e. The Hall–Kier alpha value is -3.10. The molecule has 8 heteroatoms. The first kappa shape index (κ1) is 50.0. The van der Waals surface area contributed by atoms with Crippen molar-refractivity contribution < 1.29 is 17.1 Å². The van der Waals surface area contributed by atoms with Crippen LogP contribution in [0.1, 0.15) is 86.3 Å². The molecule has 0 unspecified atom stereocenters. The number of nitrogens with zero attached hydrogens (tertiary/aromatic N) is 3. The second-order valence-corrected chi connectivity index (χ2v) is 26.1. The first-order chi connectivity index (χ1) is 26.7. The van der Waals surface area contributed by atoms with Crippen molar-refractivity contribution in [3.05, 3.63) is 171 Å². The summed E-state index contributed by atoms with van der Waals surface area (Å²) in [6.07, 6.45) is 0. The van der Waals surface area contributed by atoms with Crippen LogP contribution in [0.3, 0.4) is 0 Å². The fraction of sp³-hybridized carbons (Fsp3) is 0.327. The predicted molar refractivity (Wildman–Crippen MR) is 255 cm³/mol. The molecule has 1 heterocycles. The third-order valence-corrected chi connectivity index (χ3v) is 20.6. The second kappa shape index (κ2) is 24.1. The van der Waals surface area contributed by atoms with Gasteiger partial charge >= 0.3 is 17.1 Å². The molecule has 0 saturated carbocycles. The minimum absolute atomic E-state index is 0. The number of aliphatic imine (C=N–C) groups is 2. The molecule has 4 aromatic carbocycles. The fourth-order valence-corrected chi connectivity index (χ4v) is 9.98. The maximum Gasteiger partial charge on any atom is 2.00 e. The van der Waals surface area contributed by atoms with E-state index >= 15 is 0 Å². The van der Waals surface area contributed by atoms with Gasteiger partial charge in [0.1, 0.15) is 0 Å². The summed E-state index contributed by atoms with van der Waals surface area (Å²) < 4.78 is 0. The van der Waals surface area contributed by atoms with Gasteiger partial charge in [0.2, 0.25) is 0 Å². The van der Waals surface area contributed by atoms with Crippen LogP contribution in [-0.2, 0) is 17.1 Å². The van der Waals surface area contributed by atoms with Crippen molar-refractivity contribution in [2.24, 2.45) is 9.98 Å². The van der Waals surface area contributed by atoms with Crippen molar-refractivity contribution in [2.75, 3.05) is 0 Å². The van der Waals surface area contributed by atoms with Gasteiger partial charge in [-0.1, -0.05) is 196 Å². The number of hydrogen-bond donors (Lipinski definition) is 0. The number of halogens is 2. The Morgan fingerprint density at radius 3 is 1.09 bits per heavy atom. The summed E-state index contributed by atoms with van der Waals surface area (Å²) in [5.41, 5.74) is 10.4. The minimum Gasteiger partial charge on any atom is -0.342 e. The third kappa shape index (κ3) is 14.6. The Kier molecular flexibility index (Phi) is 21.2. The summed E-state index contributed by atoms with van der Waals surface area (Å²) >= 11 is 13.4. The van der Waals surface area contributed by atoms with E-state index in [2.05, 4.69) is 66.8 Å². The first-order valence-corrected chi connectivity index (χ1v) is 26.6. The zero-order valence-electron chi connectivity index (χ0n) is 35.9. The van der Waals surface area contributed by atoms with Crippen LogP contribution in [0.2, 0.25) is 46.3 Å². The molecule has 5 aromatic rings. The van der Waals surface area contributed by atoms with Crippen molar-refractivity contribution in [1.29, 1.82) is 0 Å². The monoisotopic (exact) mass is 875 g/mol. The number of aryl methyl sites for hydroxylation is 4. The van der Waals surface area contributed by atoms with Crippen molar-refractivity contribution in [2.45, 2.75) is 106 Å². The van der Waals surface area contributed by atoms with Gasteiger partial charge in [0, 0.05) is 11.1 Å². The van der Waals surface area contributed by atoms with Crippen LogP contribution in [0, 0.1) is 40.8 Å². The van der Waals surface area contributed by atoms with Gasteiger partial charge in [-0.3, -0.25) is 0 Å². The van der Waals surface area contributed by atoms with Gasteiger partial charge < -0.3 is 13.1 Å². The Labute approximate surface area is 368 Å². The van der Waals surface area contributed by atoms with Crippen LogP contribution in [0.15, 0.2) is 113 Å². The van der Waals surface area contributed by atoms with Crippen molar-refractivity contribution >= 4 is 62.1 Å². The summed E-state index contributed by atoms with van der Waals surface area (Å²) in [6, 6.07) is 42.2. The maximum atomic E-state index is 6.69. The molecule has 0 aliphatic rings. The zero-order valence-corrected chi connectivity index (χ0v) is 40.5. The molecule has 0 spiro atoms. The normalized spacial score (nSPS) is 11.8. The molecule has 5 rings (SSSR count). The predicted octanol–water partition coefficient (Wildman–Crippen LogP) is 15.7. The molecule has 3 nitrogen and oxygen atoms in total. The topological polar surface area (TPSA) is 37.6 Å². The first-order valence-electron chi connectivity index (χ1n) is 20.2. The number of aromatic nitrogens is 1. The summed E-state index contributed by atoms with van der Waals surface area (Å²) in [5.74, 6) is 0. The third-order valence-electron chi connectivity index (χ3n) is 11.1. The quantitative estimate of drug-likeness (QED) is 0.0699. The van der Waals surface area contributed by atoms with E-state index in [0.717, 1.165) is 67.6 Å². The Morgan fingerprint density at radius 2 is 0.825 bits per heavy atom. The molecule has 0 atom stereocenters. The van der Waals surface area contributed by atoms with E-state index in [-0.39, 0.29) is 17.1 Å². The summed E-state index contributed by atoms with van der Waals surface area (Å²) in [7, 11) is -1.84. The van der Waals surface area contributed by atoms with Gasteiger partial charge in [0.25, 0.3) is 0 Å². The van der Waals surface area contributed by atoms with Gasteiger partial charge in [0.05, 0.1) is 44.2 Å². The van der Waals surface area contributed by atoms with Gasteiger partial charge in [-0.2, -0.15) is 0 Å².